The minimum atomic E-state index is -1.18. The predicted molar refractivity (Wildman–Crippen MR) is 95.3 cm³/mol. The van der Waals surface area contributed by atoms with Crippen molar-refractivity contribution in [1.82, 2.24) is 0 Å². The number of carboxylic acid groups (broad SMARTS) is 1. The summed E-state index contributed by atoms with van der Waals surface area (Å²) in [5, 5.41) is 19.0. The summed E-state index contributed by atoms with van der Waals surface area (Å²) in [6.07, 6.45) is 0.374. The largest absolute Gasteiger partial charge is 0.507 e. The van der Waals surface area contributed by atoms with E-state index in [4.69, 9.17) is 24.1 Å². The van der Waals surface area contributed by atoms with Gasteiger partial charge in [-0.3, -0.25) is 0 Å². The van der Waals surface area contributed by atoms with E-state index in [1.165, 1.54) is 40.6 Å². The van der Waals surface area contributed by atoms with Crippen LogP contribution >= 0.6 is 0 Å². The van der Waals surface area contributed by atoms with Crippen molar-refractivity contribution in [2.24, 2.45) is 0 Å². The van der Waals surface area contributed by atoms with E-state index in [-0.39, 0.29) is 11.3 Å². The highest BCUT2D eigenvalue weighted by molar-refractivity contribution is 5.90. The molecule has 0 radical (unpaired) electrons. The lowest BCUT2D eigenvalue weighted by atomic mass is 9.96. The Morgan fingerprint density at radius 1 is 0.923 bits per heavy atom. The normalized spacial score (nSPS) is 10.3. The number of ether oxygens (including phenoxy) is 4. The third-order valence-corrected chi connectivity index (χ3v) is 4.18. The summed E-state index contributed by atoms with van der Waals surface area (Å²) in [6, 6.07) is 4.43. The van der Waals surface area contributed by atoms with Gasteiger partial charge < -0.3 is 29.2 Å². The highest BCUT2D eigenvalue weighted by Gasteiger charge is 2.25. The topological polar surface area (TPSA) is 94.5 Å². The fourth-order valence-corrected chi connectivity index (χ4v) is 2.94. The summed E-state index contributed by atoms with van der Waals surface area (Å²) in [5.74, 6) is 0.363. The molecule has 0 heterocycles. The number of hydrogen-bond acceptors (Lipinski definition) is 6. The van der Waals surface area contributed by atoms with Crippen LogP contribution in [0.4, 0.5) is 0 Å². The van der Waals surface area contributed by atoms with E-state index < -0.39 is 5.97 Å². The molecule has 0 amide bonds. The summed E-state index contributed by atoms with van der Waals surface area (Å²) in [4.78, 5) is 11.1. The average molecular weight is 362 g/mol. The van der Waals surface area contributed by atoms with Gasteiger partial charge in [0.25, 0.3) is 0 Å². The van der Waals surface area contributed by atoms with E-state index in [0.717, 1.165) is 11.1 Å². The number of phenols is 1. The molecule has 7 heteroatoms. The molecule has 0 bridgehead atoms. The molecule has 7 nitrogen and oxygen atoms in total. The van der Waals surface area contributed by atoms with Crippen LogP contribution in [0.2, 0.25) is 0 Å². The zero-order chi connectivity index (χ0) is 19.4. The summed E-state index contributed by atoms with van der Waals surface area (Å²) in [5.41, 5.74) is 2.14. The van der Waals surface area contributed by atoms with Crippen LogP contribution in [0, 0.1) is 6.92 Å². The molecule has 0 saturated carbocycles. The van der Waals surface area contributed by atoms with E-state index in [0.29, 0.717) is 35.0 Å². The van der Waals surface area contributed by atoms with Crippen LogP contribution in [0.5, 0.6) is 28.7 Å². The van der Waals surface area contributed by atoms with Gasteiger partial charge in [0.2, 0.25) is 11.5 Å². The molecule has 0 aliphatic carbocycles. The smallest absolute Gasteiger partial charge is 0.339 e. The van der Waals surface area contributed by atoms with E-state index in [1.54, 1.807) is 6.07 Å². The number of carbonyl (C=O) groups is 1. The lowest BCUT2D eigenvalue weighted by Gasteiger charge is -2.21. The van der Waals surface area contributed by atoms with Crippen molar-refractivity contribution in [3.63, 3.8) is 0 Å². The Labute approximate surface area is 151 Å². The number of carboxylic acids is 1. The number of aromatic carboxylic acids is 1. The molecule has 0 unspecified atom stereocenters. The van der Waals surface area contributed by atoms with Crippen molar-refractivity contribution in [2.45, 2.75) is 13.3 Å². The molecule has 0 atom stereocenters. The standard InChI is InChI=1S/C19H22O7/c1-10-13(8-11-6-7-12(19(21)22)14(20)9-11)16(24-3)18(26-5)17(25-4)15(10)23-2/h6-7,9,20H,8H2,1-5H3,(H,21,22). The Kier molecular flexibility index (Phi) is 5.82. The van der Waals surface area contributed by atoms with Gasteiger partial charge in [0.05, 0.1) is 28.4 Å². The van der Waals surface area contributed by atoms with Gasteiger partial charge in [-0.25, -0.2) is 4.79 Å². The highest BCUT2D eigenvalue weighted by atomic mass is 16.5. The van der Waals surface area contributed by atoms with Crippen LogP contribution in [0.25, 0.3) is 0 Å². The predicted octanol–water partition coefficient (Wildman–Crippen LogP) is 3.02. The van der Waals surface area contributed by atoms with E-state index in [9.17, 15) is 9.90 Å². The number of aromatic hydroxyl groups is 1. The lowest BCUT2D eigenvalue weighted by molar-refractivity contribution is 0.0693. The molecular weight excluding hydrogens is 340 g/mol. The maximum Gasteiger partial charge on any atom is 0.339 e. The van der Waals surface area contributed by atoms with Crippen molar-refractivity contribution >= 4 is 5.97 Å². The Balaban J connectivity index is 2.62. The fourth-order valence-electron chi connectivity index (χ4n) is 2.94. The minimum absolute atomic E-state index is 0.151. The zero-order valence-corrected chi connectivity index (χ0v) is 15.4. The molecule has 2 aromatic carbocycles. The van der Waals surface area contributed by atoms with Crippen LogP contribution < -0.4 is 18.9 Å². The van der Waals surface area contributed by atoms with E-state index in [2.05, 4.69) is 0 Å². The Bertz CT molecular complexity index is 827. The molecule has 2 rings (SSSR count). The lowest BCUT2D eigenvalue weighted by Crippen LogP contribution is -2.05. The molecule has 0 aliphatic rings. The number of benzene rings is 2. The average Bonchev–Trinajstić information content (AvgIpc) is 2.62. The SMILES string of the molecule is COc1c(C)c(Cc2ccc(C(=O)O)c(O)c2)c(OC)c(OC)c1OC. The molecule has 0 fully saturated rings. The monoisotopic (exact) mass is 362 g/mol. The van der Waals surface area contributed by atoms with Crippen molar-refractivity contribution in [3.8, 4) is 28.7 Å². The van der Waals surface area contributed by atoms with Crippen LogP contribution in [0.3, 0.4) is 0 Å². The second-order valence-corrected chi connectivity index (χ2v) is 5.57. The van der Waals surface area contributed by atoms with Crippen molar-refractivity contribution < 1.29 is 34.0 Å². The Hall–Kier alpha value is -3.09. The van der Waals surface area contributed by atoms with Gasteiger partial charge in [-0.05, 0) is 24.6 Å². The van der Waals surface area contributed by atoms with Crippen LogP contribution in [-0.4, -0.2) is 44.6 Å². The molecule has 2 aromatic rings. The van der Waals surface area contributed by atoms with Crippen molar-refractivity contribution in [1.29, 1.82) is 0 Å². The number of hydrogen-bond donors (Lipinski definition) is 2. The first-order valence-electron chi connectivity index (χ1n) is 7.80. The molecule has 2 N–H and O–H groups in total. The van der Waals surface area contributed by atoms with Crippen LogP contribution in [-0.2, 0) is 6.42 Å². The first kappa shape index (κ1) is 19.2. The molecule has 26 heavy (non-hydrogen) atoms. The summed E-state index contributed by atoms with van der Waals surface area (Å²) in [7, 11) is 6.08. The van der Waals surface area contributed by atoms with Gasteiger partial charge >= 0.3 is 5.97 Å². The minimum Gasteiger partial charge on any atom is -0.507 e. The van der Waals surface area contributed by atoms with Crippen LogP contribution in [0.1, 0.15) is 27.0 Å². The molecule has 0 aromatic heterocycles. The quantitative estimate of drug-likeness (QED) is 0.782. The van der Waals surface area contributed by atoms with Crippen LogP contribution in [0.15, 0.2) is 18.2 Å². The Morgan fingerprint density at radius 2 is 1.46 bits per heavy atom. The van der Waals surface area contributed by atoms with Crippen molar-refractivity contribution in [3.05, 3.63) is 40.5 Å². The Morgan fingerprint density at radius 3 is 1.92 bits per heavy atom. The second-order valence-electron chi connectivity index (χ2n) is 5.57. The maximum atomic E-state index is 11.1. The maximum absolute atomic E-state index is 11.1. The van der Waals surface area contributed by atoms with E-state index in [1.807, 2.05) is 6.92 Å². The zero-order valence-electron chi connectivity index (χ0n) is 15.4. The third-order valence-electron chi connectivity index (χ3n) is 4.18. The number of rotatable bonds is 7. The summed E-state index contributed by atoms with van der Waals surface area (Å²) >= 11 is 0. The molecule has 0 aliphatic heterocycles. The molecular formula is C19H22O7. The molecule has 0 saturated heterocycles. The fraction of sp³-hybridized carbons (Fsp3) is 0.316. The third kappa shape index (κ3) is 3.33. The molecule has 140 valence electrons. The van der Waals surface area contributed by atoms with Gasteiger partial charge in [0.15, 0.2) is 11.5 Å². The van der Waals surface area contributed by atoms with Gasteiger partial charge in [0.1, 0.15) is 11.3 Å². The molecule has 0 spiro atoms. The number of methoxy groups -OCH3 is 4. The van der Waals surface area contributed by atoms with E-state index >= 15 is 0 Å². The highest BCUT2D eigenvalue weighted by Crippen LogP contribution is 2.49. The van der Waals surface area contributed by atoms with Gasteiger partial charge in [0, 0.05) is 17.5 Å². The first-order valence-corrected chi connectivity index (χ1v) is 7.80. The summed E-state index contributed by atoms with van der Waals surface area (Å²) in [6.45, 7) is 1.87. The van der Waals surface area contributed by atoms with Crippen molar-refractivity contribution in [2.75, 3.05) is 28.4 Å². The van der Waals surface area contributed by atoms with Gasteiger partial charge in [-0.15, -0.1) is 0 Å². The van der Waals surface area contributed by atoms with Gasteiger partial charge in [-0.2, -0.15) is 0 Å². The second kappa shape index (κ2) is 7.86. The first-order chi connectivity index (χ1) is 12.4. The van der Waals surface area contributed by atoms with Gasteiger partial charge in [-0.1, -0.05) is 6.07 Å². The summed E-state index contributed by atoms with van der Waals surface area (Å²) < 4.78 is 21.9.